The molecule has 0 saturated carbocycles. The third kappa shape index (κ3) is 80.8. The standard InChI is InChI=1S/C87H152O16P2/c1-4-7-10-13-16-19-22-25-27-29-31-33-34-35-36-37-38-39-40-41-42-43-44-45-46-48-50-51-53-56-58-61-64-67-70-73-85(90)97-76-82(88)77-99-104(93,94)100-78-83(89)79-101-105(95,96)102-81-84(103-87(92)75-72-69-66-63-60-55-24-21-18-15-12-9-6-3)80-98-86(91)74-71-68-65-62-59-57-54-52-49-47-32-30-28-26-23-20-17-14-11-8-5-2/h8,11,16-17,19-20,25-28,31-33,35-36,47,52,54,59,62,82-84,88-89H,4-7,9-10,12-15,18,21-24,29-30,34,37-46,48-51,53,55-58,60-61,63-81H2,1-3H3,(H,93,94)(H,95,96)/b11-8-,19-16-,20-17-,27-25-,28-26-,33-31-,36-35-,47-32-,54-52-,62-59-. The third-order valence-electron chi connectivity index (χ3n) is 17.7. The van der Waals surface area contributed by atoms with E-state index in [-0.39, 0.29) is 19.3 Å². The molecule has 0 aromatic rings. The molecule has 0 amide bonds. The molecule has 0 heterocycles. The van der Waals surface area contributed by atoms with Gasteiger partial charge in [-0.1, -0.05) is 341 Å². The maximum atomic E-state index is 12.9. The van der Waals surface area contributed by atoms with Crippen molar-refractivity contribution in [2.75, 3.05) is 39.6 Å². The molecule has 0 aliphatic heterocycles. The lowest BCUT2D eigenvalue weighted by atomic mass is 10.0. The van der Waals surface area contributed by atoms with Crippen molar-refractivity contribution in [1.29, 1.82) is 0 Å². The van der Waals surface area contributed by atoms with E-state index in [2.05, 4.69) is 142 Å². The monoisotopic (exact) mass is 1520 g/mol. The highest BCUT2D eigenvalue weighted by atomic mass is 31.2. The number of hydrogen-bond donors (Lipinski definition) is 4. The summed E-state index contributed by atoms with van der Waals surface area (Å²) in [6.07, 6.45) is 95.6. The summed E-state index contributed by atoms with van der Waals surface area (Å²) in [6.45, 7) is 2.52. The molecule has 18 heteroatoms. The molecule has 0 aliphatic carbocycles. The summed E-state index contributed by atoms with van der Waals surface area (Å²) in [6, 6.07) is 0. The van der Waals surface area contributed by atoms with Gasteiger partial charge in [-0.05, 0) is 116 Å². The summed E-state index contributed by atoms with van der Waals surface area (Å²) >= 11 is 0. The van der Waals surface area contributed by atoms with Gasteiger partial charge in [0.2, 0.25) is 0 Å². The zero-order valence-electron chi connectivity index (χ0n) is 66.4. The number of hydrogen-bond acceptors (Lipinski definition) is 14. The van der Waals surface area contributed by atoms with Crippen molar-refractivity contribution in [3.8, 4) is 0 Å². The van der Waals surface area contributed by atoms with Crippen molar-refractivity contribution in [1.82, 2.24) is 0 Å². The molecular weight excluding hydrogens is 1360 g/mol. The molecule has 0 rings (SSSR count). The van der Waals surface area contributed by atoms with Crippen molar-refractivity contribution in [2.45, 2.75) is 373 Å². The number of ether oxygens (including phenoxy) is 3. The Morgan fingerprint density at radius 3 is 0.838 bits per heavy atom. The minimum Gasteiger partial charge on any atom is -0.463 e. The van der Waals surface area contributed by atoms with Crippen molar-refractivity contribution in [2.24, 2.45) is 0 Å². The topological polar surface area (TPSA) is 231 Å². The van der Waals surface area contributed by atoms with Crippen LogP contribution in [0.25, 0.3) is 0 Å². The smallest absolute Gasteiger partial charge is 0.463 e. The number of rotatable bonds is 79. The molecule has 0 aromatic carbocycles. The van der Waals surface area contributed by atoms with Crippen molar-refractivity contribution in [3.63, 3.8) is 0 Å². The Labute approximate surface area is 640 Å². The van der Waals surface area contributed by atoms with E-state index in [0.717, 1.165) is 116 Å². The summed E-state index contributed by atoms with van der Waals surface area (Å²) in [5.74, 6) is -1.61. The predicted octanol–water partition coefficient (Wildman–Crippen LogP) is 24.9. The van der Waals surface area contributed by atoms with Crippen molar-refractivity contribution in [3.05, 3.63) is 122 Å². The van der Waals surface area contributed by atoms with Crippen LogP contribution in [0.5, 0.6) is 0 Å². The normalized spacial score (nSPS) is 14.5. The summed E-state index contributed by atoms with van der Waals surface area (Å²) in [4.78, 5) is 58.6. The average Bonchev–Trinajstić information content (AvgIpc) is 0.932. The van der Waals surface area contributed by atoms with E-state index < -0.39 is 91.5 Å². The van der Waals surface area contributed by atoms with E-state index in [1.165, 1.54) is 180 Å². The molecule has 4 N–H and O–H groups in total. The maximum Gasteiger partial charge on any atom is 0.472 e. The van der Waals surface area contributed by atoms with Crippen LogP contribution in [-0.2, 0) is 55.8 Å². The van der Waals surface area contributed by atoms with Crippen LogP contribution in [0, 0.1) is 0 Å². The highest BCUT2D eigenvalue weighted by Gasteiger charge is 2.29. The summed E-state index contributed by atoms with van der Waals surface area (Å²) < 4.78 is 61.1. The molecule has 0 aliphatic rings. The fourth-order valence-corrected chi connectivity index (χ4v) is 12.9. The van der Waals surface area contributed by atoms with Gasteiger partial charge in [0.05, 0.1) is 26.4 Å². The largest absolute Gasteiger partial charge is 0.472 e. The molecule has 16 nitrogen and oxygen atoms in total. The minimum absolute atomic E-state index is 0.0963. The van der Waals surface area contributed by atoms with Gasteiger partial charge in [-0.15, -0.1) is 0 Å². The first-order chi connectivity index (χ1) is 51.2. The Kier molecular flexibility index (Phi) is 76.4. The zero-order chi connectivity index (χ0) is 76.6. The van der Waals surface area contributed by atoms with Crippen LogP contribution in [0.2, 0.25) is 0 Å². The van der Waals surface area contributed by atoms with Crippen LogP contribution in [0.3, 0.4) is 0 Å². The Bertz CT molecular complexity index is 2390. The fourth-order valence-electron chi connectivity index (χ4n) is 11.3. The van der Waals surface area contributed by atoms with Crippen molar-refractivity contribution >= 4 is 33.6 Å². The quantitative estimate of drug-likeness (QED) is 0.0146. The number of allylic oxidation sites excluding steroid dienone is 20. The molecule has 105 heavy (non-hydrogen) atoms. The minimum atomic E-state index is -4.94. The van der Waals surface area contributed by atoms with Crippen LogP contribution in [-0.4, -0.2) is 95.9 Å². The molecule has 0 fully saturated rings. The molecule has 0 aromatic heterocycles. The molecule has 0 radical (unpaired) electrons. The number of esters is 3. The van der Waals surface area contributed by atoms with E-state index in [0.29, 0.717) is 19.3 Å². The number of carbonyl (C=O) groups excluding carboxylic acids is 3. The molecule has 0 spiro atoms. The van der Waals surface area contributed by atoms with E-state index >= 15 is 0 Å². The van der Waals surface area contributed by atoms with E-state index in [9.17, 15) is 43.5 Å². The van der Waals surface area contributed by atoms with Crippen LogP contribution >= 0.6 is 15.6 Å². The number of aliphatic hydroxyl groups is 2. The van der Waals surface area contributed by atoms with E-state index in [1.807, 2.05) is 0 Å². The molecule has 0 saturated heterocycles. The van der Waals surface area contributed by atoms with Gasteiger partial charge in [0, 0.05) is 19.3 Å². The fraction of sp³-hybridized carbons (Fsp3) is 0.736. The number of carbonyl (C=O) groups is 3. The maximum absolute atomic E-state index is 12.9. The van der Waals surface area contributed by atoms with Gasteiger partial charge in [0.1, 0.15) is 25.4 Å². The summed E-state index contributed by atoms with van der Waals surface area (Å²) in [5.41, 5.74) is 0. The van der Waals surface area contributed by atoms with Gasteiger partial charge in [-0.3, -0.25) is 32.5 Å². The third-order valence-corrected chi connectivity index (χ3v) is 19.6. The van der Waals surface area contributed by atoms with Crippen molar-refractivity contribution < 1.29 is 75.8 Å². The highest BCUT2D eigenvalue weighted by molar-refractivity contribution is 7.47. The Balaban J connectivity index is 4.40. The lowest BCUT2D eigenvalue weighted by molar-refractivity contribution is -0.161. The van der Waals surface area contributed by atoms with Gasteiger partial charge in [0.25, 0.3) is 0 Å². The molecule has 0 bridgehead atoms. The number of unbranched alkanes of at least 4 members (excludes halogenated alkanes) is 36. The Morgan fingerprint density at radius 2 is 0.505 bits per heavy atom. The number of aliphatic hydroxyl groups excluding tert-OH is 2. The van der Waals surface area contributed by atoms with Gasteiger partial charge in [-0.25, -0.2) is 9.13 Å². The first-order valence-corrected chi connectivity index (χ1v) is 44.8. The lowest BCUT2D eigenvalue weighted by Crippen LogP contribution is -2.30. The van der Waals surface area contributed by atoms with E-state index in [1.54, 1.807) is 0 Å². The van der Waals surface area contributed by atoms with Crippen LogP contribution < -0.4 is 0 Å². The van der Waals surface area contributed by atoms with Gasteiger partial charge in [-0.2, -0.15) is 0 Å². The van der Waals surface area contributed by atoms with Gasteiger partial charge in [0.15, 0.2) is 6.10 Å². The van der Waals surface area contributed by atoms with Crippen LogP contribution in [0.15, 0.2) is 122 Å². The highest BCUT2D eigenvalue weighted by Crippen LogP contribution is 2.45. The summed E-state index contributed by atoms with van der Waals surface area (Å²) in [7, 11) is -9.80. The van der Waals surface area contributed by atoms with Crippen LogP contribution in [0.4, 0.5) is 0 Å². The first kappa shape index (κ1) is 101. The molecule has 606 valence electrons. The second kappa shape index (κ2) is 79.5. The second-order valence-electron chi connectivity index (χ2n) is 27.9. The molecular formula is C87H152O16P2. The molecule has 5 atom stereocenters. The number of phosphoric acid groups is 2. The van der Waals surface area contributed by atoms with Gasteiger partial charge < -0.3 is 34.2 Å². The van der Waals surface area contributed by atoms with E-state index in [4.69, 9.17) is 32.3 Å². The lowest BCUT2D eigenvalue weighted by Gasteiger charge is -2.21. The van der Waals surface area contributed by atoms with Crippen LogP contribution in [0.1, 0.15) is 355 Å². The Hall–Kier alpha value is -4.05. The zero-order valence-corrected chi connectivity index (χ0v) is 68.2. The summed E-state index contributed by atoms with van der Waals surface area (Å²) in [5, 5.41) is 20.6. The average molecular weight is 1520 g/mol. The Morgan fingerprint density at radius 1 is 0.276 bits per heavy atom. The first-order valence-electron chi connectivity index (χ1n) is 41.8. The second-order valence-corrected chi connectivity index (χ2v) is 30.8. The number of phosphoric ester groups is 2. The SMILES string of the molecule is CC/C=C\C/C=C\C/C=C\C/C=C\C/C=C\C/C=C\CCCCC(=O)OCC(COP(=O)(O)OCC(O)COP(=O)(O)OCC(O)COC(=O)CCCCCCCCCCCCCCCCCCCCC/C=C\C/C=C\C/C=C\C/C=C\CCCCC)OC(=O)CCCCCCCCCCCCCCC. The predicted molar refractivity (Wildman–Crippen MR) is 436 cm³/mol. The van der Waals surface area contributed by atoms with Gasteiger partial charge >= 0.3 is 33.6 Å². The molecule has 5 unspecified atom stereocenters.